The first-order chi connectivity index (χ1) is 11.6. The average Bonchev–Trinajstić information content (AvgIpc) is 3.08. The molecule has 1 saturated carbocycles. The van der Waals surface area contributed by atoms with Crippen LogP contribution in [0.1, 0.15) is 32.6 Å². The molecule has 0 bridgehead atoms. The minimum Gasteiger partial charge on any atom is -0.368 e. The predicted octanol–water partition coefficient (Wildman–Crippen LogP) is 3.45. The van der Waals surface area contributed by atoms with Gasteiger partial charge in [0.05, 0.1) is 17.5 Å². The average molecular weight is 349 g/mol. The molecule has 0 aliphatic heterocycles. The van der Waals surface area contributed by atoms with Gasteiger partial charge in [0.15, 0.2) is 0 Å². The minimum absolute atomic E-state index is 0.0400. The van der Waals surface area contributed by atoms with Gasteiger partial charge in [0.1, 0.15) is 19.3 Å². The molecule has 24 heavy (non-hydrogen) atoms. The highest BCUT2D eigenvalue weighted by Crippen LogP contribution is 2.27. The van der Waals surface area contributed by atoms with Crippen LogP contribution in [0.4, 0.5) is 5.69 Å². The highest BCUT2D eigenvalue weighted by atomic mass is 35.5. The second-order valence-electron chi connectivity index (χ2n) is 6.16. The molecular weight excluding hydrogens is 328 g/mol. The van der Waals surface area contributed by atoms with E-state index in [4.69, 9.17) is 16.3 Å². The Morgan fingerprint density at radius 2 is 2.25 bits per heavy atom. The molecule has 2 atom stereocenters. The van der Waals surface area contributed by atoms with Gasteiger partial charge in [0, 0.05) is 5.02 Å². The summed E-state index contributed by atoms with van der Waals surface area (Å²) < 4.78 is 7.39. The summed E-state index contributed by atoms with van der Waals surface area (Å²) in [7, 11) is 0. The van der Waals surface area contributed by atoms with E-state index in [0.29, 0.717) is 22.3 Å². The van der Waals surface area contributed by atoms with Crippen molar-refractivity contribution >= 4 is 23.2 Å². The van der Waals surface area contributed by atoms with Crippen LogP contribution >= 0.6 is 11.6 Å². The van der Waals surface area contributed by atoms with Crippen molar-refractivity contribution in [3.8, 4) is 5.69 Å². The lowest BCUT2D eigenvalue weighted by atomic mass is 9.88. The van der Waals surface area contributed by atoms with Gasteiger partial charge in [0.2, 0.25) is 5.91 Å². The first kappa shape index (κ1) is 16.9. The van der Waals surface area contributed by atoms with E-state index in [1.807, 2.05) is 0 Å². The summed E-state index contributed by atoms with van der Waals surface area (Å²) in [6, 6.07) is 5.23. The Morgan fingerprint density at radius 3 is 3.00 bits per heavy atom. The lowest BCUT2D eigenvalue weighted by Gasteiger charge is -2.28. The van der Waals surface area contributed by atoms with E-state index in [-0.39, 0.29) is 18.6 Å². The van der Waals surface area contributed by atoms with E-state index in [2.05, 4.69) is 22.3 Å². The molecule has 3 rings (SSSR count). The first-order valence-corrected chi connectivity index (χ1v) is 8.57. The zero-order valence-corrected chi connectivity index (χ0v) is 14.4. The van der Waals surface area contributed by atoms with Gasteiger partial charge in [-0.05, 0) is 37.0 Å². The maximum atomic E-state index is 12.3. The Hall–Kier alpha value is -1.92. The van der Waals surface area contributed by atoms with E-state index in [1.165, 1.54) is 19.2 Å². The minimum atomic E-state index is -0.198. The summed E-state index contributed by atoms with van der Waals surface area (Å²) in [6.07, 6.45) is 7.77. The van der Waals surface area contributed by atoms with Crippen LogP contribution in [0.25, 0.3) is 5.69 Å². The van der Waals surface area contributed by atoms with Crippen LogP contribution < -0.4 is 5.32 Å². The van der Waals surface area contributed by atoms with Crippen molar-refractivity contribution in [2.24, 2.45) is 5.92 Å². The summed E-state index contributed by atoms with van der Waals surface area (Å²) in [6.45, 7) is 2.22. The van der Waals surface area contributed by atoms with Crippen molar-refractivity contribution in [3.63, 3.8) is 0 Å². The Kier molecular flexibility index (Phi) is 5.48. The number of carbonyl (C=O) groups excluding carboxylic acids is 1. The normalized spacial score (nSPS) is 20.8. The van der Waals surface area contributed by atoms with Gasteiger partial charge in [-0.25, -0.2) is 9.67 Å². The van der Waals surface area contributed by atoms with Crippen molar-refractivity contribution in [1.82, 2.24) is 14.8 Å². The van der Waals surface area contributed by atoms with Crippen LogP contribution in [-0.4, -0.2) is 33.4 Å². The largest absolute Gasteiger partial charge is 0.368 e. The van der Waals surface area contributed by atoms with Gasteiger partial charge < -0.3 is 10.1 Å². The number of aromatic nitrogens is 3. The molecule has 128 valence electrons. The van der Waals surface area contributed by atoms with Gasteiger partial charge >= 0.3 is 0 Å². The van der Waals surface area contributed by atoms with Crippen LogP contribution in [0.15, 0.2) is 30.9 Å². The third-order valence-electron chi connectivity index (χ3n) is 4.36. The molecule has 1 aromatic heterocycles. The highest BCUT2D eigenvalue weighted by molar-refractivity contribution is 6.31. The summed E-state index contributed by atoms with van der Waals surface area (Å²) in [5, 5.41) is 7.49. The molecule has 0 radical (unpaired) electrons. The Balaban J connectivity index is 1.65. The molecular formula is C17H21ClN4O2. The molecule has 7 heteroatoms. The maximum Gasteiger partial charge on any atom is 0.250 e. The third kappa shape index (κ3) is 4.13. The fourth-order valence-electron chi connectivity index (χ4n) is 3.04. The molecule has 6 nitrogen and oxygen atoms in total. The summed E-state index contributed by atoms with van der Waals surface area (Å²) in [5.74, 6) is 0.305. The van der Waals surface area contributed by atoms with Crippen LogP contribution in [0.3, 0.4) is 0 Å². The lowest BCUT2D eigenvalue weighted by molar-refractivity contribution is -0.124. The zero-order chi connectivity index (χ0) is 16.9. The Labute approximate surface area is 146 Å². The van der Waals surface area contributed by atoms with E-state index in [9.17, 15) is 4.79 Å². The van der Waals surface area contributed by atoms with Crippen molar-refractivity contribution in [2.75, 3.05) is 11.9 Å². The molecule has 0 unspecified atom stereocenters. The summed E-state index contributed by atoms with van der Waals surface area (Å²) in [4.78, 5) is 16.2. The number of hydrogen-bond donors (Lipinski definition) is 1. The topological polar surface area (TPSA) is 69.0 Å². The van der Waals surface area contributed by atoms with Gasteiger partial charge in [-0.1, -0.05) is 31.4 Å². The molecule has 1 N–H and O–H groups in total. The summed E-state index contributed by atoms with van der Waals surface area (Å²) in [5.41, 5.74) is 1.29. The number of carbonyl (C=O) groups is 1. The number of nitrogens with zero attached hydrogens (tertiary/aromatic N) is 3. The van der Waals surface area contributed by atoms with Crippen LogP contribution in [0, 0.1) is 5.92 Å². The smallest absolute Gasteiger partial charge is 0.250 e. The number of rotatable bonds is 5. The van der Waals surface area contributed by atoms with Crippen molar-refractivity contribution < 1.29 is 9.53 Å². The van der Waals surface area contributed by atoms with Crippen molar-refractivity contribution in [2.45, 2.75) is 38.7 Å². The van der Waals surface area contributed by atoms with Crippen molar-refractivity contribution in [3.05, 3.63) is 35.9 Å². The molecule has 2 aromatic rings. The van der Waals surface area contributed by atoms with Crippen LogP contribution in [0.2, 0.25) is 5.02 Å². The van der Waals surface area contributed by atoms with Gasteiger partial charge in [-0.15, -0.1) is 0 Å². The molecule has 1 heterocycles. The predicted molar refractivity (Wildman–Crippen MR) is 92.4 cm³/mol. The maximum absolute atomic E-state index is 12.3. The molecule has 0 saturated heterocycles. The lowest BCUT2D eigenvalue weighted by Crippen LogP contribution is -2.30. The first-order valence-electron chi connectivity index (χ1n) is 8.19. The second kappa shape index (κ2) is 7.77. The van der Waals surface area contributed by atoms with E-state index >= 15 is 0 Å². The zero-order valence-electron chi connectivity index (χ0n) is 13.6. The molecule has 1 aliphatic rings. The molecule has 1 aliphatic carbocycles. The third-order valence-corrected chi connectivity index (χ3v) is 4.59. The second-order valence-corrected chi connectivity index (χ2v) is 6.60. The summed E-state index contributed by atoms with van der Waals surface area (Å²) >= 11 is 6.05. The SMILES string of the molecule is C[C@H]1CCCC[C@H]1OCC(=O)Nc1cc(Cl)ccc1-n1cncn1. The van der Waals surface area contributed by atoms with E-state index < -0.39 is 0 Å². The standard InChI is InChI=1S/C17H21ClN4O2/c1-12-4-2-3-5-16(12)24-9-17(23)21-14-8-13(18)6-7-15(14)22-11-19-10-20-22/h6-8,10-12,16H,2-5,9H2,1H3,(H,21,23)/t12-,16+/m0/s1. The molecule has 1 fully saturated rings. The quantitative estimate of drug-likeness (QED) is 0.898. The monoisotopic (exact) mass is 348 g/mol. The van der Waals surface area contributed by atoms with Gasteiger partial charge in [0.25, 0.3) is 0 Å². The molecule has 0 spiro atoms. The Morgan fingerprint density at radius 1 is 1.42 bits per heavy atom. The fourth-order valence-corrected chi connectivity index (χ4v) is 3.21. The molecule has 1 amide bonds. The number of benzene rings is 1. The van der Waals surface area contributed by atoms with E-state index in [1.54, 1.807) is 29.2 Å². The highest BCUT2D eigenvalue weighted by Gasteiger charge is 2.22. The number of ether oxygens (including phenoxy) is 1. The number of nitrogens with one attached hydrogen (secondary N) is 1. The number of amides is 1. The number of hydrogen-bond acceptors (Lipinski definition) is 4. The van der Waals surface area contributed by atoms with Crippen LogP contribution in [-0.2, 0) is 9.53 Å². The van der Waals surface area contributed by atoms with Crippen molar-refractivity contribution in [1.29, 1.82) is 0 Å². The molecule has 1 aromatic carbocycles. The van der Waals surface area contributed by atoms with E-state index in [0.717, 1.165) is 12.8 Å². The van der Waals surface area contributed by atoms with Crippen LogP contribution in [0.5, 0.6) is 0 Å². The Bertz CT molecular complexity index is 690. The van der Waals surface area contributed by atoms with Gasteiger partial charge in [-0.3, -0.25) is 4.79 Å². The van der Waals surface area contributed by atoms with Gasteiger partial charge in [-0.2, -0.15) is 5.10 Å². The fraction of sp³-hybridized carbons (Fsp3) is 0.471. The number of halogens is 1. The number of anilines is 1.